The van der Waals surface area contributed by atoms with Crippen molar-refractivity contribution in [2.45, 2.75) is 31.1 Å². The van der Waals surface area contributed by atoms with Gasteiger partial charge in [0, 0.05) is 19.2 Å². The molecular weight excluding hydrogens is 516 g/mol. The van der Waals surface area contributed by atoms with E-state index in [4.69, 9.17) is 14.2 Å². The molecule has 0 bridgehead atoms. The van der Waals surface area contributed by atoms with Crippen molar-refractivity contribution in [1.82, 2.24) is 4.90 Å². The Morgan fingerprint density at radius 1 is 0.923 bits per heavy atom. The first-order valence-corrected chi connectivity index (χ1v) is 14.6. The minimum atomic E-state index is -4.11. The smallest absolute Gasteiger partial charge is 0.264 e. The number of piperidine rings is 1. The maximum absolute atomic E-state index is 13.9. The van der Waals surface area contributed by atoms with Gasteiger partial charge < -0.3 is 19.1 Å². The van der Waals surface area contributed by atoms with Crippen LogP contribution < -0.4 is 18.5 Å². The third-order valence-corrected chi connectivity index (χ3v) is 8.76. The number of ether oxygens (including phenoxy) is 3. The molecule has 3 aromatic carbocycles. The highest BCUT2D eigenvalue weighted by atomic mass is 32.2. The lowest BCUT2D eigenvalue weighted by Crippen LogP contribution is -2.46. The first-order chi connectivity index (χ1) is 18.8. The van der Waals surface area contributed by atoms with E-state index in [2.05, 4.69) is 12.1 Å². The predicted molar refractivity (Wildman–Crippen MR) is 151 cm³/mol. The highest BCUT2D eigenvalue weighted by molar-refractivity contribution is 7.92. The number of anilines is 1. The van der Waals surface area contributed by atoms with Crippen LogP contribution >= 0.6 is 0 Å². The maximum Gasteiger partial charge on any atom is 0.264 e. The third-order valence-electron chi connectivity index (χ3n) is 6.99. The molecule has 8 nitrogen and oxygen atoms in total. The number of hydrogen-bond donors (Lipinski definition) is 0. The summed E-state index contributed by atoms with van der Waals surface area (Å²) >= 11 is 0. The summed E-state index contributed by atoms with van der Waals surface area (Å²) in [5, 5.41) is 0. The molecule has 1 heterocycles. The van der Waals surface area contributed by atoms with Gasteiger partial charge in [-0.2, -0.15) is 0 Å². The number of carbonyl (C=O) groups excluding carboxylic acids is 1. The second-order valence-corrected chi connectivity index (χ2v) is 11.3. The third kappa shape index (κ3) is 6.84. The first-order valence-electron chi connectivity index (χ1n) is 13.1. The highest BCUT2D eigenvalue weighted by Crippen LogP contribution is 2.33. The lowest BCUT2D eigenvalue weighted by atomic mass is 9.90. The molecule has 208 valence electrons. The van der Waals surface area contributed by atoms with Crippen LogP contribution in [0.3, 0.4) is 0 Å². The summed E-state index contributed by atoms with van der Waals surface area (Å²) in [7, 11) is -1.18. The molecular formula is C30H36N2O6S. The molecule has 1 aliphatic rings. The molecule has 1 amide bonds. The maximum atomic E-state index is 13.9. The van der Waals surface area contributed by atoms with Crippen molar-refractivity contribution < 1.29 is 27.4 Å². The molecule has 1 aliphatic heterocycles. The molecule has 0 N–H and O–H groups in total. The van der Waals surface area contributed by atoms with Crippen molar-refractivity contribution in [3.05, 3.63) is 78.4 Å². The molecule has 1 fully saturated rings. The summed E-state index contributed by atoms with van der Waals surface area (Å²) in [5.74, 6) is 1.59. The fraction of sp³-hybridized carbons (Fsp3) is 0.367. The lowest BCUT2D eigenvalue weighted by molar-refractivity contribution is -0.130. The van der Waals surface area contributed by atoms with Crippen LogP contribution in [-0.2, 0) is 21.2 Å². The number of hydrogen-bond acceptors (Lipinski definition) is 6. The topological polar surface area (TPSA) is 85.4 Å². The average Bonchev–Trinajstić information content (AvgIpc) is 2.97. The Labute approximate surface area is 231 Å². The van der Waals surface area contributed by atoms with Gasteiger partial charge in [0.1, 0.15) is 12.3 Å². The number of carbonyl (C=O) groups is 1. The summed E-state index contributed by atoms with van der Waals surface area (Å²) in [6.07, 6.45) is 2.74. The standard InChI is InChI=1S/C30H36N2O6S/c1-4-38-26-12-10-25(11-13-26)32(39(34,35)27-14-15-28(36-2)29(21-27)37-3)22-30(33)31-18-16-24(17-19-31)20-23-8-6-5-7-9-23/h5-15,21,24H,4,16-20,22H2,1-3H3. The SMILES string of the molecule is CCOc1ccc(N(CC(=O)N2CCC(Cc3ccccc3)CC2)S(=O)(=O)c2ccc(OC)c(OC)c2)cc1. The summed E-state index contributed by atoms with van der Waals surface area (Å²) < 4.78 is 45.1. The zero-order valence-electron chi connectivity index (χ0n) is 22.7. The molecule has 9 heteroatoms. The van der Waals surface area contributed by atoms with Gasteiger partial charge in [-0.15, -0.1) is 0 Å². The molecule has 0 aromatic heterocycles. The molecule has 39 heavy (non-hydrogen) atoms. The second-order valence-electron chi connectivity index (χ2n) is 9.47. The molecule has 0 aliphatic carbocycles. The van der Waals surface area contributed by atoms with Crippen LogP contribution in [0, 0.1) is 5.92 Å². The number of rotatable bonds is 11. The van der Waals surface area contributed by atoms with E-state index in [0.29, 0.717) is 42.8 Å². The van der Waals surface area contributed by atoms with Crippen molar-refractivity contribution in [2.24, 2.45) is 5.92 Å². The number of sulfonamides is 1. The quantitative estimate of drug-likeness (QED) is 0.340. The van der Waals surface area contributed by atoms with Gasteiger partial charge in [-0.3, -0.25) is 9.10 Å². The fourth-order valence-corrected chi connectivity index (χ4v) is 6.28. The van der Waals surface area contributed by atoms with E-state index in [1.54, 1.807) is 35.2 Å². The molecule has 3 aromatic rings. The average molecular weight is 553 g/mol. The Balaban J connectivity index is 1.55. The summed E-state index contributed by atoms with van der Waals surface area (Å²) in [5.41, 5.74) is 1.67. The van der Waals surface area contributed by atoms with Crippen molar-refractivity contribution in [3.63, 3.8) is 0 Å². The van der Waals surface area contributed by atoms with Crippen LogP contribution in [0.4, 0.5) is 5.69 Å². The number of methoxy groups -OCH3 is 2. The number of amides is 1. The van der Waals surface area contributed by atoms with Crippen LogP contribution in [0.25, 0.3) is 0 Å². The van der Waals surface area contributed by atoms with Crippen molar-refractivity contribution in [1.29, 1.82) is 0 Å². The number of nitrogens with zero attached hydrogens (tertiary/aromatic N) is 2. The van der Waals surface area contributed by atoms with Crippen molar-refractivity contribution in [3.8, 4) is 17.2 Å². The lowest BCUT2D eigenvalue weighted by Gasteiger charge is -2.34. The zero-order valence-corrected chi connectivity index (χ0v) is 23.5. The van der Waals surface area contributed by atoms with Gasteiger partial charge in [0.15, 0.2) is 11.5 Å². The first kappa shape index (κ1) is 28.3. The van der Waals surface area contributed by atoms with Crippen LogP contribution in [0.15, 0.2) is 77.7 Å². The van der Waals surface area contributed by atoms with Crippen molar-refractivity contribution in [2.75, 3.05) is 44.8 Å². The van der Waals surface area contributed by atoms with Crippen LogP contribution in [0.2, 0.25) is 0 Å². The number of benzene rings is 3. The summed E-state index contributed by atoms with van der Waals surface area (Å²) in [4.78, 5) is 15.2. The Bertz CT molecular complexity index is 1340. The van der Waals surface area contributed by atoms with Gasteiger partial charge in [0.05, 0.1) is 31.4 Å². The fourth-order valence-electron chi connectivity index (χ4n) is 4.85. The Hall–Kier alpha value is -3.72. The van der Waals surface area contributed by atoms with E-state index >= 15 is 0 Å². The molecule has 0 saturated carbocycles. The van der Waals surface area contributed by atoms with E-state index in [9.17, 15) is 13.2 Å². The van der Waals surface area contributed by atoms with Gasteiger partial charge in [0.2, 0.25) is 5.91 Å². The number of likely N-dealkylation sites (tertiary alicyclic amines) is 1. The van der Waals surface area contributed by atoms with E-state index in [1.165, 1.54) is 31.9 Å². The largest absolute Gasteiger partial charge is 0.494 e. The zero-order chi connectivity index (χ0) is 27.8. The Morgan fingerprint density at radius 2 is 1.59 bits per heavy atom. The Kier molecular flexibility index (Phi) is 9.35. The van der Waals surface area contributed by atoms with Gasteiger partial charge >= 0.3 is 0 Å². The van der Waals surface area contributed by atoms with Crippen LogP contribution in [0.5, 0.6) is 17.2 Å². The van der Waals surface area contributed by atoms with E-state index in [0.717, 1.165) is 23.6 Å². The summed E-state index contributed by atoms with van der Waals surface area (Å²) in [6, 6.07) is 21.5. The molecule has 0 atom stereocenters. The highest BCUT2D eigenvalue weighted by Gasteiger charge is 2.31. The van der Waals surface area contributed by atoms with Gasteiger partial charge in [-0.25, -0.2) is 8.42 Å². The minimum absolute atomic E-state index is 0.00315. The van der Waals surface area contributed by atoms with Gasteiger partial charge in [0.25, 0.3) is 10.0 Å². The van der Waals surface area contributed by atoms with Crippen molar-refractivity contribution >= 4 is 21.6 Å². The molecule has 0 radical (unpaired) electrons. The van der Waals surface area contributed by atoms with Gasteiger partial charge in [-0.05, 0) is 74.1 Å². The monoisotopic (exact) mass is 552 g/mol. The van der Waals surface area contributed by atoms with E-state index in [1.807, 2.05) is 25.1 Å². The molecule has 0 unspecified atom stereocenters. The second kappa shape index (κ2) is 12.9. The van der Waals surface area contributed by atoms with Crippen LogP contribution in [0.1, 0.15) is 25.3 Å². The van der Waals surface area contributed by atoms with Crippen LogP contribution in [-0.4, -0.2) is 59.7 Å². The molecule has 4 rings (SSSR count). The minimum Gasteiger partial charge on any atom is -0.494 e. The van der Waals surface area contributed by atoms with E-state index < -0.39 is 10.0 Å². The normalized spacial score (nSPS) is 14.1. The van der Waals surface area contributed by atoms with Gasteiger partial charge in [-0.1, -0.05) is 30.3 Å². The molecule has 0 spiro atoms. The molecule has 1 saturated heterocycles. The summed E-state index contributed by atoms with van der Waals surface area (Å²) in [6.45, 7) is 3.26. The predicted octanol–water partition coefficient (Wildman–Crippen LogP) is 4.78. The Morgan fingerprint density at radius 3 is 2.21 bits per heavy atom. The van der Waals surface area contributed by atoms with E-state index in [-0.39, 0.29) is 23.1 Å².